The Balaban J connectivity index is 1.55. The SMILES string of the molecule is Brc1cccc2oc3ccc(-c4nc(-c5ccccc5)nc(C5C=CC=CC5)n4)cc3c12. The van der Waals surface area contributed by atoms with E-state index < -0.39 is 0 Å². The molecule has 154 valence electrons. The van der Waals surface area contributed by atoms with Gasteiger partial charge in [-0.05, 0) is 36.8 Å². The van der Waals surface area contributed by atoms with Crippen LogP contribution in [0.15, 0.2) is 99.9 Å². The molecule has 2 heterocycles. The molecule has 1 unspecified atom stereocenters. The van der Waals surface area contributed by atoms with Crippen molar-refractivity contribution in [3.63, 3.8) is 0 Å². The number of rotatable bonds is 3. The predicted molar refractivity (Wildman–Crippen MR) is 131 cm³/mol. The monoisotopic (exact) mass is 479 g/mol. The zero-order valence-electron chi connectivity index (χ0n) is 17.1. The third kappa shape index (κ3) is 3.35. The summed E-state index contributed by atoms with van der Waals surface area (Å²) in [6.45, 7) is 0. The summed E-state index contributed by atoms with van der Waals surface area (Å²) in [5.74, 6) is 2.27. The Morgan fingerprint density at radius 1 is 0.781 bits per heavy atom. The van der Waals surface area contributed by atoms with Crippen molar-refractivity contribution in [2.45, 2.75) is 12.3 Å². The zero-order valence-corrected chi connectivity index (χ0v) is 18.7. The topological polar surface area (TPSA) is 51.8 Å². The minimum Gasteiger partial charge on any atom is -0.456 e. The fourth-order valence-electron chi connectivity index (χ4n) is 4.10. The normalized spacial score (nSPS) is 15.6. The number of hydrogen-bond acceptors (Lipinski definition) is 4. The second-order valence-electron chi connectivity index (χ2n) is 7.79. The van der Waals surface area contributed by atoms with E-state index in [1.165, 1.54) is 0 Å². The van der Waals surface area contributed by atoms with Gasteiger partial charge >= 0.3 is 0 Å². The van der Waals surface area contributed by atoms with Gasteiger partial charge in [-0.25, -0.2) is 15.0 Å². The molecule has 0 radical (unpaired) electrons. The van der Waals surface area contributed by atoms with Crippen LogP contribution in [0.4, 0.5) is 0 Å². The highest BCUT2D eigenvalue weighted by Crippen LogP contribution is 2.36. The second-order valence-corrected chi connectivity index (χ2v) is 8.64. The molecular formula is C27H18BrN3O. The van der Waals surface area contributed by atoms with Gasteiger partial charge in [-0.15, -0.1) is 0 Å². The molecule has 0 amide bonds. The van der Waals surface area contributed by atoms with Crippen molar-refractivity contribution in [2.24, 2.45) is 0 Å². The summed E-state index contributed by atoms with van der Waals surface area (Å²) in [5, 5.41) is 2.09. The quantitative estimate of drug-likeness (QED) is 0.269. The van der Waals surface area contributed by atoms with Crippen LogP contribution < -0.4 is 0 Å². The molecule has 5 heteroatoms. The number of aromatic nitrogens is 3. The van der Waals surface area contributed by atoms with Crippen molar-refractivity contribution in [1.29, 1.82) is 0 Å². The molecule has 6 rings (SSSR count). The predicted octanol–water partition coefficient (Wildman–Crippen LogP) is 7.47. The summed E-state index contributed by atoms with van der Waals surface area (Å²) < 4.78 is 7.04. The molecule has 0 aliphatic heterocycles. The van der Waals surface area contributed by atoms with Gasteiger partial charge in [0.05, 0.1) is 0 Å². The number of nitrogens with zero attached hydrogens (tertiary/aromatic N) is 3. The van der Waals surface area contributed by atoms with Gasteiger partial charge in [0, 0.05) is 32.3 Å². The van der Waals surface area contributed by atoms with Gasteiger partial charge in [-0.1, -0.05) is 76.6 Å². The van der Waals surface area contributed by atoms with Crippen LogP contribution in [-0.4, -0.2) is 15.0 Å². The number of allylic oxidation sites excluding steroid dienone is 4. The molecule has 0 bridgehead atoms. The van der Waals surface area contributed by atoms with E-state index in [0.29, 0.717) is 11.6 Å². The Morgan fingerprint density at radius 2 is 1.62 bits per heavy atom. The van der Waals surface area contributed by atoms with Crippen LogP contribution >= 0.6 is 15.9 Å². The lowest BCUT2D eigenvalue weighted by Gasteiger charge is -2.14. The summed E-state index contributed by atoms with van der Waals surface area (Å²) in [4.78, 5) is 14.6. The van der Waals surface area contributed by atoms with Gasteiger partial charge in [0.15, 0.2) is 11.6 Å². The molecule has 0 spiro atoms. The van der Waals surface area contributed by atoms with E-state index in [1.807, 2.05) is 60.7 Å². The maximum atomic E-state index is 6.04. The Labute approximate surface area is 193 Å². The highest BCUT2D eigenvalue weighted by atomic mass is 79.9. The van der Waals surface area contributed by atoms with Crippen LogP contribution in [-0.2, 0) is 0 Å². The van der Waals surface area contributed by atoms with Gasteiger partial charge in [-0.3, -0.25) is 0 Å². The van der Waals surface area contributed by atoms with Crippen LogP contribution in [0, 0.1) is 0 Å². The smallest absolute Gasteiger partial charge is 0.163 e. The summed E-state index contributed by atoms with van der Waals surface area (Å²) in [6.07, 6.45) is 9.30. The number of benzene rings is 3. The van der Waals surface area contributed by atoms with E-state index >= 15 is 0 Å². The van der Waals surface area contributed by atoms with Crippen molar-refractivity contribution < 1.29 is 4.42 Å². The fraction of sp³-hybridized carbons (Fsp3) is 0.0741. The minimum atomic E-state index is 0.136. The van der Waals surface area contributed by atoms with Crippen molar-refractivity contribution >= 4 is 37.9 Å². The highest BCUT2D eigenvalue weighted by Gasteiger charge is 2.18. The van der Waals surface area contributed by atoms with E-state index in [4.69, 9.17) is 19.4 Å². The standard InChI is InChI=1S/C27H18BrN3O/c28-21-12-7-13-23-24(21)20-16-19(14-15-22(20)32-23)27-30-25(17-8-3-1-4-9-17)29-26(31-27)18-10-5-2-6-11-18/h1-10,12-16,18H,11H2. The molecule has 0 fully saturated rings. The third-order valence-electron chi connectivity index (χ3n) is 5.70. The van der Waals surface area contributed by atoms with E-state index in [-0.39, 0.29) is 5.92 Å². The molecule has 0 saturated carbocycles. The Hall–Kier alpha value is -3.57. The van der Waals surface area contributed by atoms with Crippen LogP contribution in [0.2, 0.25) is 0 Å². The molecular weight excluding hydrogens is 462 g/mol. The van der Waals surface area contributed by atoms with Gasteiger partial charge in [0.1, 0.15) is 17.0 Å². The maximum Gasteiger partial charge on any atom is 0.163 e. The lowest BCUT2D eigenvalue weighted by molar-refractivity contribution is 0.669. The molecule has 5 aromatic rings. The first-order valence-electron chi connectivity index (χ1n) is 10.5. The first-order valence-corrected chi connectivity index (χ1v) is 11.3. The van der Waals surface area contributed by atoms with E-state index in [1.54, 1.807) is 0 Å². The summed E-state index contributed by atoms with van der Waals surface area (Å²) in [6, 6.07) is 22.2. The van der Waals surface area contributed by atoms with Crippen molar-refractivity contribution in [1.82, 2.24) is 15.0 Å². The van der Waals surface area contributed by atoms with Crippen LogP contribution in [0.25, 0.3) is 44.7 Å². The fourth-order valence-corrected chi connectivity index (χ4v) is 4.66. The average molecular weight is 480 g/mol. The third-order valence-corrected chi connectivity index (χ3v) is 6.36. The Bertz CT molecular complexity index is 1520. The molecule has 2 aromatic heterocycles. The Kier molecular flexibility index (Phi) is 4.69. The summed E-state index contributed by atoms with van der Waals surface area (Å²) in [5.41, 5.74) is 3.61. The molecule has 4 nitrogen and oxygen atoms in total. The number of hydrogen-bond donors (Lipinski definition) is 0. The van der Waals surface area contributed by atoms with Gasteiger partial charge in [0.25, 0.3) is 0 Å². The van der Waals surface area contributed by atoms with Crippen molar-refractivity contribution in [2.75, 3.05) is 0 Å². The van der Waals surface area contributed by atoms with Crippen molar-refractivity contribution in [3.8, 4) is 22.8 Å². The molecule has 1 atom stereocenters. The Morgan fingerprint density at radius 3 is 2.44 bits per heavy atom. The molecule has 1 aliphatic carbocycles. The maximum absolute atomic E-state index is 6.04. The lowest BCUT2D eigenvalue weighted by atomic mass is 10.00. The van der Waals surface area contributed by atoms with Crippen LogP contribution in [0.3, 0.4) is 0 Å². The van der Waals surface area contributed by atoms with Crippen LogP contribution in [0.5, 0.6) is 0 Å². The van der Waals surface area contributed by atoms with Gasteiger partial charge in [0.2, 0.25) is 0 Å². The number of fused-ring (bicyclic) bond motifs is 3. The summed E-state index contributed by atoms with van der Waals surface area (Å²) in [7, 11) is 0. The molecule has 0 saturated heterocycles. The lowest BCUT2D eigenvalue weighted by Crippen LogP contribution is -2.07. The molecule has 32 heavy (non-hydrogen) atoms. The number of furan rings is 1. The number of halogens is 1. The largest absolute Gasteiger partial charge is 0.456 e. The van der Waals surface area contributed by atoms with E-state index in [0.717, 1.165) is 49.8 Å². The van der Waals surface area contributed by atoms with E-state index in [9.17, 15) is 0 Å². The highest BCUT2D eigenvalue weighted by molar-refractivity contribution is 9.10. The second kappa shape index (κ2) is 7.84. The first-order chi connectivity index (χ1) is 15.8. The van der Waals surface area contributed by atoms with Crippen LogP contribution in [0.1, 0.15) is 18.2 Å². The molecule has 1 aliphatic rings. The van der Waals surface area contributed by atoms with Gasteiger partial charge < -0.3 is 4.42 Å². The molecule has 0 N–H and O–H groups in total. The van der Waals surface area contributed by atoms with Crippen molar-refractivity contribution in [3.05, 3.63) is 101 Å². The minimum absolute atomic E-state index is 0.136. The zero-order chi connectivity index (χ0) is 21.5. The first kappa shape index (κ1) is 19.1. The molecule has 3 aromatic carbocycles. The van der Waals surface area contributed by atoms with Gasteiger partial charge in [-0.2, -0.15) is 0 Å². The summed E-state index contributed by atoms with van der Waals surface area (Å²) >= 11 is 3.67. The average Bonchev–Trinajstić information content (AvgIpc) is 3.24. The van der Waals surface area contributed by atoms with E-state index in [2.05, 4.69) is 46.3 Å².